The SMILES string of the molecule is Fc1ccc(NC2CCCNC2)cc1Br. The molecule has 0 spiro atoms. The first-order chi connectivity index (χ1) is 7.25. The van der Waals surface area contributed by atoms with Crippen molar-refractivity contribution in [2.24, 2.45) is 0 Å². The summed E-state index contributed by atoms with van der Waals surface area (Å²) in [6.07, 6.45) is 2.36. The summed E-state index contributed by atoms with van der Waals surface area (Å²) in [5.74, 6) is -0.220. The lowest BCUT2D eigenvalue weighted by molar-refractivity contribution is 0.480. The number of hydrogen-bond donors (Lipinski definition) is 2. The van der Waals surface area contributed by atoms with Crippen molar-refractivity contribution in [3.05, 3.63) is 28.5 Å². The predicted octanol–water partition coefficient (Wildman–Crippen LogP) is 2.75. The van der Waals surface area contributed by atoms with Crippen molar-refractivity contribution in [2.45, 2.75) is 18.9 Å². The minimum absolute atomic E-state index is 0.220. The zero-order valence-corrected chi connectivity index (χ0v) is 9.98. The Labute approximate surface area is 97.4 Å². The average Bonchev–Trinajstić information content (AvgIpc) is 2.25. The van der Waals surface area contributed by atoms with Crippen molar-refractivity contribution in [1.29, 1.82) is 0 Å². The van der Waals surface area contributed by atoms with Crippen molar-refractivity contribution < 1.29 is 4.39 Å². The van der Waals surface area contributed by atoms with E-state index in [2.05, 4.69) is 26.6 Å². The molecule has 82 valence electrons. The van der Waals surface area contributed by atoms with E-state index in [0.717, 1.165) is 18.8 Å². The number of anilines is 1. The zero-order chi connectivity index (χ0) is 10.7. The third kappa shape index (κ3) is 2.92. The van der Waals surface area contributed by atoms with E-state index < -0.39 is 0 Å². The normalized spacial score (nSPS) is 21.3. The Balaban J connectivity index is 2.00. The first-order valence-electron chi connectivity index (χ1n) is 5.18. The van der Waals surface area contributed by atoms with Gasteiger partial charge < -0.3 is 10.6 Å². The van der Waals surface area contributed by atoms with Gasteiger partial charge in [-0.3, -0.25) is 0 Å². The van der Waals surface area contributed by atoms with Crippen LogP contribution in [0.1, 0.15) is 12.8 Å². The van der Waals surface area contributed by atoms with Crippen LogP contribution in [0.15, 0.2) is 22.7 Å². The van der Waals surface area contributed by atoms with Gasteiger partial charge in [-0.25, -0.2) is 4.39 Å². The second kappa shape index (κ2) is 4.94. The largest absolute Gasteiger partial charge is 0.381 e. The summed E-state index contributed by atoms with van der Waals surface area (Å²) in [6, 6.07) is 5.48. The van der Waals surface area contributed by atoms with Crippen LogP contribution in [0.25, 0.3) is 0 Å². The number of benzene rings is 1. The molecule has 1 atom stereocenters. The van der Waals surface area contributed by atoms with Gasteiger partial charge in [-0.15, -0.1) is 0 Å². The number of nitrogens with one attached hydrogen (secondary N) is 2. The predicted molar refractivity (Wildman–Crippen MR) is 63.6 cm³/mol. The minimum Gasteiger partial charge on any atom is -0.381 e. The lowest BCUT2D eigenvalue weighted by Crippen LogP contribution is -2.38. The van der Waals surface area contributed by atoms with Gasteiger partial charge >= 0.3 is 0 Å². The Bertz CT molecular complexity index is 337. The zero-order valence-electron chi connectivity index (χ0n) is 8.39. The maximum absolute atomic E-state index is 13.0. The van der Waals surface area contributed by atoms with Gasteiger partial charge in [0.15, 0.2) is 0 Å². The second-order valence-electron chi connectivity index (χ2n) is 3.82. The van der Waals surface area contributed by atoms with Gasteiger partial charge in [-0.05, 0) is 53.5 Å². The van der Waals surface area contributed by atoms with Gasteiger partial charge in [0.1, 0.15) is 5.82 Å². The van der Waals surface area contributed by atoms with Crippen LogP contribution in [0.2, 0.25) is 0 Å². The van der Waals surface area contributed by atoms with Crippen LogP contribution in [0.4, 0.5) is 10.1 Å². The highest BCUT2D eigenvalue weighted by Crippen LogP contribution is 2.21. The van der Waals surface area contributed by atoms with E-state index in [-0.39, 0.29) is 5.82 Å². The Hall–Kier alpha value is -0.610. The third-order valence-electron chi connectivity index (χ3n) is 2.59. The van der Waals surface area contributed by atoms with E-state index in [1.165, 1.54) is 18.9 Å². The van der Waals surface area contributed by atoms with E-state index in [1.807, 2.05) is 0 Å². The van der Waals surface area contributed by atoms with Crippen LogP contribution >= 0.6 is 15.9 Å². The van der Waals surface area contributed by atoms with Crippen molar-refractivity contribution in [3.8, 4) is 0 Å². The molecule has 0 aromatic heterocycles. The second-order valence-corrected chi connectivity index (χ2v) is 4.67. The van der Waals surface area contributed by atoms with Gasteiger partial charge in [0.25, 0.3) is 0 Å². The summed E-state index contributed by atoms with van der Waals surface area (Å²) < 4.78 is 13.5. The Morgan fingerprint density at radius 3 is 3.00 bits per heavy atom. The van der Waals surface area contributed by atoms with Crippen molar-refractivity contribution >= 4 is 21.6 Å². The van der Waals surface area contributed by atoms with Crippen LogP contribution in [0.3, 0.4) is 0 Å². The summed E-state index contributed by atoms with van der Waals surface area (Å²) in [6.45, 7) is 2.08. The Morgan fingerprint density at radius 2 is 2.33 bits per heavy atom. The molecule has 1 aliphatic rings. The summed E-state index contributed by atoms with van der Waals surface area (Å²) in [5, 5.41) is 6.72. The number of halogens is 2. The monoisotopic (exact) mass is 272 g/mol. The van der Waals surface area contributed by atoms with E-state index in [0.29, 0.717) is 10.5 Å². The molecule has 2 N–H and O–H groups in total. The summed E-state index contributed by atoms with van der Waals surface area (Å²) in [4.78, 5) is 0. The average molecular weight is 273 g/mol. The number of rotatable bonds is 2. The number of hydrogen-bond acceptors (Lipinski definition) is 2. The number of piperidine rings is 1. The van der Waals surface area contributed by atoms with Gasteiger partial charge in [-0.2, -0.15) is 0 Å². The van der Waals surface area contributed by atoms with E-state index in [4.69, 9.17) is 0 Å². The topological polar surface area (TPSA) is 24.1 Å². The van der Waals surface area contributed by atoms with Crippen LogP contribution in [-0.4, -0.2) is 19.1 Å². The minimum atomic E-state index is -0.220. The molecule has 1 fully saturated rings. The van der Waals surface area contributed by atoms with Gasteiger partial charge in [0.2, 0.25) is 0 Å². The lowest BCUT2D eigenvalue weighted by atomic mass is 10.1. The molecule has 0 bridgehead atoms. The smallest absolute Gasteiger partial charge is 0.137 e. The van der Waals surface area contributed by atoms with Crippen molar-refractivity contribution in [3.63, 3.8) is 0 Å². The van der Waals surface area contributed by atoms with Gasteiger partial charge in [-0.1, -0.05) is 0 Å². The highest BCUT2D eigenvalue weighted by Gasteiger charge is 2.12. The standard InChI is InChI=1S/C11H14BrFN2/c12-10-6-8(3-4-11(10)13)15-9-2-1-5-14-7-9/h3-4,6,9,14-15H,1-2,5,7H2. The fraction of sp³-hybridized carbons (Fsp3) is 0.455. The molecular weight excluding hydrogens is 259 g/mol. The molecule has 0 aliphatic carbocycles. The Morgan fingerprint density at radius 1 is 1.47 bits per heavy atom. The van der Waals surface area contributed by atoms with E-state index in [1.54, 1.807) is 12.1 Å². The molecule has 15 heavy (non-hydrogen) atoms. The molecule has 0 saturated carbocycles. The maximum Gasteiger partial charge on any atom is 0.137 e. The van der Waals surface area contributed by atoms with Crippen molar-refractivity contribution in [2.75, 3.05) is 18.4 Å². The summed E-state index contributed by atoms with van der Waals surface area (Å²) >= 11 is 3.18. The quantitative estimate of drug-likeness (QED) is 0.865. The molecule has 0 amide bonds. The Kier molecular flexibility index (Phi) is 3.59. The first kappa shape index (κ1) is 10.9. The molecule has 2 rings (SSSR count). The van der Waals surface area contributed by atoms with E-state index >= 15 is 0 Å². The van der Waals surface area contributed by atoms with Crippen LogP contribution in [0.5, 0.6) is 0 Å². The van der Waals surface area contributed by atoms with E-state index in [9.17, 15) is 4.39 Å². The van der Waals surface area contributed by atoms with Crippen LogP contribution < -0.4 is 10.6 Å². The fourth-order valence-corrected chi connectivity index (χ4v) is 2.18. The van der Waals surface area contributed by atoms with Gasteiger partial charge in [0.05, 0.1) is 4.47 Å². The fourth-order valence-electron chi connectivity index (χ4n) is 1.80. The molecular formula is C11H14BrFN2. The van der Waals surface area contributed by atoms with Gasteiger partial charge in [0, 0.05) is 18.3 Å². The molecule has 1 aromatic rings. The van der Waals surface area contributed by atoms with Crippen LogP contribution in [0, 0.1) is 5.82 Å². The molecule has 1 unspecified atom stereocenters. The molecule has 2 nitrogen and oxygen atoms in total. The van der Waals surface area contributed by atoms with Crippen LogP contribution in [-0.2, 0) is 0 Å². The molecule has 0 radical (unpaired) electrons. The third-order valence-corrected chi connectivity index (χ3v) is 3.19. The summed E-state index contributed by atoms with van der Waals surface area (Å²) in [5.41, 5.74) is 0.969. The summed E-state index contributed by atoms with van der Waals surface area (Å²) in [7, 11) is 0. The molecule has 4 heteroatoms. The highest BCUT2D eigenvalue weighted by atomic mass is 79.9. The molecule has 1 heterocycles. The first-order valence-corrected chi connectivity index (χ1v) is 5.97. The highest BCUT2D eigenvalue weighted by molar-refractivity contribution is 9.10. The lowest BCUT2D eigenvalue weighted by Gasteiger charge is -2.24. The molecule has 1 saturated heterocycles. The molecule has 1 aromatic carbocycles. The molecule has 1 aliphatic heterocycles. The van der Waals surface area contributed by atoms with Crippen molar-refractivity contribution in [1.82, 2.24) is 5.32 Å². The maximum atomic E-state index is 13.0.